The quantitative estimate of drug-likeness (QED) is 0.702. The Kier molecular flexibility index (Phi) is 4.69. The third kappa shape index (κ3) is 3.17. The SMILES string of the molecule is CC/C(=C\C(Cl)=NC)c1ccc(C)cc1F. The van der Waals surface area contributed by atoms with Crippen LogP contribution in [-0.4, -0.2) is 12.2 Å². The van der Waals surface area contributed by atoms with Gasteiger partial charge in [-0.3, -0.25) is 4.99 Å². The van der Waals surface area contributed by atoms with Crippen LogP contribution in [0.2, 0.25) is 0 Å². The van der Waals surface area contributed by atoms with Gasteiger partial charge in [-0.15, -0.1) is 0 Å². The summed E-state index contributed by atoms with van der Waals surface area (Å²) in [6.45, 7) is 3.83. The van der Waals surface area contributed by atoms with Crippen molar-refractivity contribution in [2.24, 2.45) is 4.99 Å². The maximum atomic E-state index is 13.7. The van der Waals surface area contributed by atoms with Gasteiger partial charge < -0.3 is 0 Å². The van der Waals surface area contributed by atoms with Gasteiger partial charge in [0.05, 0.1) is 0 Å². The van der Waals surface area contributed by atoms with E-state index in [0.717, 1.165) is 11.1 Å². The number of aliphatic imine (C=N–C) groups is 1. The van der Waals surface area contributed by atoms with E-state index >= 15 is 0 Å². The van der Waals surface area contributed by atoms with Crippen LogP contribution in [0.15, 0.2) is 29.3 Å². The molecule has 0 saturated carbocycles. The Morgan fingerprint density at radius 2 is 2.19 bits per heavy atom. The Morgan fingerprint density at radius 1 is 1.50 bits per heavy atom. The topological polar surface area (TPSA) is 12.4 Å². The first kappa shape index (κ1) is 12.9. The average molecular weight is 240 g/mol. The van der Waals surface area contributed by atoms with E-state index in [0.29, 0.717) is 17.2 Å². The van der Waals surface area contributed by atoms with Gasteiger partial charge in [0.15, 0.2) is 0 Å². The molecule has 1 rings (SSSR count). The second-order valence-corrected chi connectivity index (χ2v) is 3.94. The highest BCUT2D eigenvalue weighted by Gasteiger charge is 2.07. The fraction of sp³-hybridized carbons (Fsp3) is 0.308. The largest absolute Gasteiger partial charge is 0.277 e. The molecule has 1 aromatic rings. The number of hydrogen-bond donors (Lipinski definition) is 0. The molecule has 0 saturated heterocycles. The van der Waals surface area contributed by atoms with Crippen LogP contribution >= 0.6 is 11.6 Å². The first-order valence-electron chi connectivity index (χ1n) is 5.17. The molecule has 0 spiro atoms. The van der Waals surface area contributed by atoms with E-state index in [9.17, 15) is 4.39 Å². The molecule has 0 aliphatic rings. The maximum Gasteiger partial charge on any atom is 0.130 e. The molecule has 0 amide bonds. The van der Waals surface area contributed by atoms with Crippen molar-refractivity contribution in [1.29, 1.82) is 0 Å². The van der Waals surface area contributed by atoms with Crippen molar-refractivity contribution in [3.63, 3.8) is 0 Å². The Bertz CT molecular complexity index is 436. The molecule has 0 bridgehead atoms. The highest BCUT2D eigenvalue weighted by atomic mass is 35.5. The summed E-state index contributed by atoms with van der Waals surface area (Å²) < 4.78 is 13.7. The smallest absolute Gasteiger partial charge is 0.130 e. The van der Waals surface area contributed by atoms with Crippen molar-refractivity contribution >= 4 is 22.3 Å². The lowest BCUT2D eigenvalue weighted by Gasteiger charge is -2.07. The predicted octanol–water partition coefficient (Wildman–Crippen LogP) is 4.19. The second kappa shape index (κ2) is 5.80. The number of hydrogen-bond acceptors (Lipinski definition) is 1. The monoisotopic (exact) mass is 239 g/mol. The van der Waals surface area contributed by atoms with Crippen LogP contribution in [0, 0.1) is 12.7 Å². The van der Waals surface area contributed by atoms with Crippen LogP contribution in [0.25, 0.3) is 5.57 Å². The number of rotatable bonds is 3. The van der Waals surface area contributed by atoms with Crippen molar-refractivity contribution in [2.75, 3.05) is 7.05 Å². The molecule has 0 unspecified atom stereocenters. The van der Waals surface area contributed by atoms with Gasteiger partial charge in [0.25, 0.3) is 0 Å². The van der Waals surface area contributed by atoms with Crippen molar-refractivity contribution in [3.05, 3.63) is 41.2 Å². The van der Waals surface area contributed by atoms with Gasteiger partial charge >= 0.3 is 0 Å². The normalized spacial score (nSPS) is 13.1. The molecule has 3 heteroatoms. The maximum absolute atomic E-state index is 13.7. The minimum Gasteiger partial charge on any atom is -0.277 e. The Labute approximate surface area is 101 Å². The molecular formula is C13H15ClFN. The zero-order valence-electron chi connectivity index (χ0n) is 9.72. The van der Waals surface area contributed by atoms with Gasteiger partial charge in [-0.25, -0.2) is 4.39 Å². The lowest BCUT2D eigenvalue weighted by atomic mass is 10.0. The number of benzene rings is 1. The van der Waals surface area contributed by atoms with Crippen LogP contribution in [0.3, 0.4) is 0 Å². The summed E-state index contributed by atoms with van der Waals surface area (Å²) >= 11 is 5.82. The molecular weight excluding hydrogens is 225 g/mol. The van der Waals surface area contributed by atoms with E-state index in [1.165, 1.54) is 6.07 Å². The molecule has 0 aromatic heterocycles. The lowest BCUT2D eigenvalue weighted by Crippen LogP contribution is -1.92. The summed E-state index contributed by atoms with van der Waals surface area (Å²) in [6.07, 6.45) is 2.42. The highest BCUT2D eigenvalue weighted by Crippen LogP contribution is 2.22. The summed E-state index contributed by atoms with van der Waals surface area (Å²) in [6, 6.07) is 5.19. The van der Waals surface area contributed by atoms with Gasteiger partial charge in [-0.2, -0.15) is 0 Å². The van der Waals surface area contributed by atoms with Crippen LogP contribution in [0.1, 0.15) is 24.5 Å². The van der Waals surface area contributed by atoms with Gasteiger partial charge in [0.1, 0.15) is 11.0 Å². The van der Waals surface area contributed by atoms with Crippen LogP contribution < -0.4 is 0 Å². The van der Waals surface area contributed by atoms with Crippen molar-refractivity contribution < 1.29 is 4.39 Å². The van der Waals surface area contributed by atoms with Gasteiger partial charge in [0, 0.05) is 12.6 Å². The molecule has 1 nitrogen and oxygen atoms in total. The Balaban J connectivity index is 3.19. The molecule has 0 aliphatic carbocycles. The first-order valence-corrected chi connectivity index (χ1v) is 5.55. The summed E-state index contributed by atoms with van der Waals surface area (Å²) in [7, 11) is 1.61. The number of nitrogens with zero attached hydrogens (tertiary/aromatic N) is 1. The zero-order valence-corrected chi connectivity index (χ0v) is 10.5. The molecule has 16 heavy (non-hydrogen) atoms. The predicted molar refractivity (Wildman–Crippen MR) is 68.6 cm³/mol. The minimum atomic E-state index is -0.214. The van der Waals surface area contributed by atoms with Gasteiger partial charge in [0.2, 0.25) is 0 Å². The summed E-state index contributed by atoms with van der Waals surface area (Å²) in [5.74, 6) is -0.214. The second-order valence-electron chi connectivity index (χ2n) is 3.55. The van der Waals surface area contributed by atoms with Crippen LogP contribution in [-0.2, 0) is 0 Å². The van der Waals surface area contributed by atoms with Crippen LogP contribution in [0.4, 0.5) is 4.39 Å². The van der Waals surface area contributed by atoms with Crippen molar-refractivity contribution in [1.82, 2.24) is 0 Å². The molecule has 1 aromatic carbocycles. The van der Waals surface area contributed by atoms with Gasteiger partial charge in [-0.1, -0.05) is 30.7 Å². The molecule has 0 atom stereocenters. The number of halogens is 2. The van der Waals surface area contributed by atoms with E-state index in [4.69, 9.17) is 11.6 Å². The summed E-state index contributed by atoms with van der Waals surface area (Å²) in [5.41, 5.74) is 2.36. The molecule has 0 N–H and O–H groups in total. The zero-order chi connectivity index (χ0) is 12.1. The third-order valence-corrected chi connectivity index (χ3v) is 2.64. The molecule has 0 aliphatic heterocycles. The molecule has 0 heterocycles. The average Bonchev–Trinajstić information content (AvgIpc) is 2.26. The molecule has 0 radical (unpaired) electrons. The summed E-state index contributed by atoms with van der Waals surface area (Å²) in [4.78, 5) is 3.83. The highest BCUT2D eigenvalue weighted by molar-refractivity contribution is 6.68. The van der Waals surface area contributed by atoms with Gasteiger partial charge in [-0.05, 0) is 36.6 Å². The fourth-order valence-electron chi connectivity index (χ4n) is 1.46. The standard InChI is InChI=1S/C13H15ClFN/c1-4-10(8-13(14)16-3)11-6-5-9(2)7-12(11)15/h5-8H,4H2,1-3H3/b10-8+,16-13?. The Morgan fingerprint density at radius 3 is 2.69 bits per heavy atom. The van der Waals surface area contributed by atoms with E-state index in [1.54, 1.807) is 19.2 Å². The molecule has 0 fully saturated rings. The third-order valence-electron chi connectivity index (χ3n) is 2.36. The lowest BCUT2D eigenvalue weighted by molar-refractivity contribution is 0.622. The number of aryl methyl sites for hydroxylation is 1. The first-order chi connectivity index (χ1) is 7.58. The van der Waals surface area contributed by atoms with E-state index in [2.05, 4.69) is 4.99 Å². The van der Waals surface area contributed by atoms with Crippen molar-refractivity contribution in [3.8, 4) is 0 Å². The van der Waals surface area contributed by atoms with E-state index < -0.39 is 0 Å². The fourth-order valence-corrected chi connectivity index (χ4v) is 1.59. The van der Waals surface area contributed by atoms with Crippen molar-refractivity contribution in [2.45, 2.75) is 20.3 Å². The van der Waals surface area contributed by atoms with E-state index in [1.807, 2.05) is 19.9 Å². The number of allylic oxidation sites excluding steroid dienone is 2. The molecule has 86 valence electrons. The van der Waals surface area contributed by atoms with Crippen LogP contribution in [0.5, 0.6) is 0 Å². The Hall–Kier alpha value is -1.15. The van der Waals surface area contributed by atoms with E-state index in [-0.39, 0.29) is 5.82 Å². The summed E-state index contributed by atoms with van der Waals surface area (Å²) in [5, 5.41) is 0.386. The minimum absolute atomic E-state index is 0.214.